The molecule has 1 aromatic heterocycles. The van der Waals surface area contributed by atoms with Crippen LogP contribution in [0.3, 0.4) is 0 Å². The quantitative estimate of drug-likeness (QED) is 0.692. The number of nitrogens with one attached hydrogen (secondary N) is 2. The molecule has 2 N–H and O–H groups in total. The van der Waals surface area contributed by atoms with E-state index in [0.29, 0.717) is 12.2 Å². The Balaban J connectivity index is 1.81. The van der Waals surface area contributed by atoms with Crippen LogP contribution < -0.4 is 9.46 Å². The van der Waals surface area contributed by atoms with Crippen molar-refractivity contribution in [2.24, 2.45) is 0 Å². The van der Waals surface area contributed by atoms with E-state index in [0.717, 1.165) is 27.7 Å². The molecule has 0 saturated carbocycles. The van der Waals surface area contributed by atoms with Crippen LogP contribution in [0.2, 0.25) is 0 Å². The van der Waals surface area contributed by atoms with Gasteiger partial charge >= 0.3 is 0 Å². The maximum absolute atomic E-state index is 13.5. The first-order valence-corrected chi connectivity index (χ1v) is 9.71. The van der Waals surface area contributed by atoms with Crippen LogP contribution >= 0.6 is 0 Å². The monoisotopic (exact) mass is 376 g/mol. The van der Waals surface area contributed by atoms with Crippen LogP contribution in [0.25, 0.3) is 10.9 Å². The molecule has 1 heterocycles. The zero-order chi connectivity index (χ0) is 18.9. The lowest BCUT2D eigenvalue weighted by Gasteiger charge is -2.11. The maximum Gasteiger partial charge on any atom is 0.244 e. The Morgan fingerprint density at radius 3 is 2.65 bits per heavy atom. The largest absolute Gasteiger partial charge is 0.495 e. The normalized spacial score (nSPS) is 11.8. The highest BCUT2D eigenvalue weighted by Crippen LogP contribution is 2.26. The van der Waals surface area contributed by atoms with Crippen molar-refractivity contribution in [3.63, 3.8) is 0 Å². The summed E-state index contributed by atoms with van der Waals surface area (Å²) in [5.41, 5.74) is 3.47. The summed E-state index contributed by atoms with van der Waals surface area (Å²) in [6, 6.07) is 9.55. The van der Waals surface area contributed by atoms with Gasteiger partial charge in [-0.15, -0.1) is 0 Å². The Hall–Kier alpha value is -2.38. The van der Waals surface area contributed by atoms with Gasteiger partial charge in [-0.2, -0.15) is 0 Å². The van der Waals surface area contributed by atoms with Gasteiger partial charge in [0.2, 0.25) is 10.0 Å². The average molecular weight is 376 g/mol. The highest BCUT2D eigenvalue weighted by Gasteiger charge is 2.19. The topological polar surface area (TPSA) is 71.2 Å². The predicted octanol–water partition coefficient (Wildman–Crippen LogP) is 3.45. The SMILES string of the molecule is COc1ccc(C)cc1S(=O)(=O)NCCc1c(C)[nH]c2ccc(F)cc12. The minimum atomic E-state index is -3.71. The van der Waals surface area contributed by atoms with E-state index in [9.17, 15) is 12.8 Å². The van der Waals surface area contributed by atoms with Gasteiger partial charge in [-0.3, -0.25) is 0 Å². The number of aromatic nitrogens is 1. The highest BCUT2D eigenvalue weighted by molar-refractivity contribution is 7.89. The molecule has 0 amide bonds. The number of ether oxygens (including phenoxy) is 1. The van der Waals surface area contributed by atoms with Crippen molar-refractivity contribution >= 4 is 20.9 Å². The molecule has 0 aliphatic heterocycles. The fraction of sp³-hybridized carbons (Fsp3) is 0.263. The molecule has 0 saturated heterocycles. The Bertz CT molecular complexity index is 1060. The third kappa shape index (κ3) is 3.59. The van der Waals surface area contributed by atoms with Crippen molar-refractivity contribution in [1.29, 1.82) is 0 Å². The van der Waals surface area contributed by atoms with Crippen molar-refractivity contribution in [1.82, 2.24) is 9.71 Å². The van der Waals surface area contributed by atoms with Crippen molar-refractivity contribution < 1.29 is 17.5 Å². The van der Waals surface area contributed by atoms with Gasteiger partial charge in [-0.25, -0.2) is 17.5 Å². The molecular weight excluding hydrogens is 355 g/mol. The molecule has 3 rings (SSSR count). The van der Waals surface area contributed by atoms with Gasteiger partial charge in [0.15, 0.2) is 0 Å². The first kappa shape index (κ1) is 18.4. The van der Waals surface area contributed by atoms with Gasteiger partial charge in [0.05, 0.1) is 7.11 Å². The first-order chi connectivity index (χ1) is 12.3. The number of aryl methyl sites for hydroxylation is 2. The van der Waals surface area contributed by atoms with Crippen LogP contribution in [0.1, 0.15) is 16.8 Å². The number of H-pyrrole nitrogens is 1. The van der Waals surface area contributed by atoms with Gasteiger partial charge in [-0.1, -0.05) is 6.07 Å². The minimum Gasteiger partial charge on any atom is -0.495 e. The van der Waals surface area contributed by atoms with Crippen molar-refractivity contribution in [2.45, 2.75) is 25.2 Å². The number of hydrogen-bond acceptors (Lipinski definition) is 3. The average Bonchev–Trinajstić information content (AvgIpc) is 2.90. The lowest BCUT2D eigenvalue weighted by Crippen LogP contribution is -2.26. The lowest BCUT2D eigenvalue weighted by molar-refractivity contribution is 0.402. The molecule has 0 aliphatic rings. The number of aromatic amines is 1. The number of halogens is 1. The molecule has 0 fully saturated rings. The third-order valence-corrected chi connectivity index (χ3v) is 5.84. The molecule has 5 nitrogen and oxygen atoms in total. The van der Waals surface area contributed by atoms with E-state index >= 15 is 0 Å². The predicted molar refractivity (Wildman–Crippen MR) is 99.6 cm³/mol. The maximum atomic E-state index is 13.5. The number of sulfonamides is 1. The Morgan fingerprint density at radius 2 is 1.92 bits per heavy atom. The molecule has 7 heteroatoms. The number of fused-ring (bicyclic) bond motifs is 1. The van der Waals surface area contributed by atoms with E-state index in [1.54, 1.807) is 24.3 Å². The molecule has 0 atom stereocenters. The van der Waals surface area contributed by atoms with Crippen LogP contribution in [0, 0.1) is 19.7 Å². The zero-order valence-corrected chi connectivity index (χ0v) is 15.7. The summed E-state index contributed by atoms with van der Waals surface area (Å²) in [5.74, 6) is -0.0173. The molecule has 0 unspecified atom stereocenters. The van der Waals surface area contributed by atoms with Crippen molar-refractivity contribution in [3.05, 3.63) is 59.0 Å². The van der Waals surface area contributed by atoms with Crippen molar-refractivity contribution in [2.75, 3.05) is 13.7 Å². The summed E-state index contributed by atoms with van der Waals surface area (Å²) in [5, 5.41) is 0.773. The van der Waals surface area contributed by atoms with Gasteiger partial charge < -0.3 is 9.72 Å². The Kier molecular flexibility index (Phi) is 5.02. The molecule has 0 radical (unpaired) electrons. The molecule has 138 valence electrons. The summed E-state index contributed by atoms with van der Waals surface area (Å²) in [7, 11) is -2.27. The standard InChI is InChI=1S/C19H21FN2O3S/c1-12-4-7-18(25-3)19(10-12)26(23,24)21-9-8-15-13(2)22-17-6-5-14(20)11-16(15)17/h4-7,10-11,21-22H,8-9H2,1-3H3. The molecular formula is C19H21FN2O3S. The molecule has 26 heavy (non-hydrogen) atoms. The zero-order valence-electron chi connectivity index (χ0n) is 14.9. The molecule has 0 aliphatic carbocycles. The fourth-order valence-corrected chi connectivity index (χ4v) is 4.34. The van der Waals surface area contributed by atoms with Crippen LogP contribution in [0.15, 0.2) is 41.3 Å². The minimum absolute atomic E-state index is 0.113. The number of benzene rings is 2. The second kappa shape index (κ2) is 7.09. The van der Waals surface area contributed by atoms with E-state index in [1.165, 1.54) is 19.2 Å². The molecule has 0 bridgehead atoms. The van der Waals surface area contributed by atoms with E-state index in [1.807, 2.05) is 13.8 Å². The van der Waals surface area contributed by atoms with Gasteiger partial charge in [-0.05, 0) is 61.7 Å². The summed E-state index contributed by atoms with van der Waals surface area (Å²) in [6.45, 7) is 3.91. The van der Waals surface area contributed by atoms with Crippen LogP contribution in [0.5, 0.6) is 5.75 Å². The summed E-state index contributed by atoms with van der Waals surface area (Å²) >= 11 is 0. The number of hydrogen-bond donors (Lipinski definition) is 2. The second-order valence-electron chi connectivity index (χ2n) is 6.22. The number of rotatable bonds is 6. The second-order valence-corrected chi connectivity index (χ2v) is 7.96. The fourth-order valence-electron chi connectivity index (χ4n) is 3.06. The van der Waals surface area contributed by atoms with Gasteiger partial charge in [0.25, 0.3) is 0 Å². The van der Waals surface area contributed by atoms with Crippen LogP contribution in [-0.4, -0.2) is 27.1 Å². The Morgan fingerprint density at radius 1 is 1.15 bits per heavy atom. The van der Waals surface area contributed by atoms with E-state index in [4.69, 9.17) is 4.74 Å². The summed E-state index contributed by atoms with van der Waals surface area (Å²) in [4.78, 5) is 3.31. The highest BCUT2D eigenvalue weighted by atomic mass is 32.2. The van der Waals surface area contributed by atoms with E-state index in [2.05, 4.69) is 9.71 Å². The van der Waals surface area contributed by atoms with Crippen molar-refractivity contribution in [3.8, 4) is 5.75 Å². The van der Waals surface area contributed by atoms with Gasteiger partial charge in [0.1, 0.15) is 16.5 Å². The summed E-state index contributed by atoms with van der Waals surface area (Å²) < 4.78 is 46.6. The van der Waals surface area contributed by atoms with Gasteiger partial charge in [0, 0.05) is 23.1 Å². The molecule has 3 aromatic rings. The first-order valence-electron chi connectivity index (χ1n) is 8.23. The van der Waals surface area contributed by atoms with Crippen LogP contribution in [0.4, 0.5) is 4.39 Å². The number of methoxy groups -OCH3 is 1. The van der Waals surface area contributed by atoms with Crippen LogP contribution in [-0.2, 0) is 16.4 Å². The smallest absolute Gasteiger partial charge is 0.244 e. The van der Waals surface area contributed by atoms with E-state index < -0.39 is 10.0 Å². The lowest BCUT2D eigenvalue weighted by atomic mass is 10.1. The Labute approximate surface area is 152 Å². The third-order valence-electron chi connectivity index (χ3n) is 4.36. The van der Waals surface area contributed by atoms with E-state index in [-0.39, 0.29) is 17.3 Å². The molecule has 0 spiro atoms. The summed E-state index contributed by atoms with van der Waals surface area (Å²) in [6.07, 6.45) is 0.447. The molecule has 2 aromatic carbocycles.